The van der Waals surface area contributed by atoms with Crippen molar-refractivity contribution in [2.75, 3.05) is 0 Å². The van der Waals surface area contributed by atoms with Crippen LogP contribution in [0.4, 0.5) is 0 Å². The summed E-state index contributed by atoms with van der Waals surface area (Å²) in [6.07, 6.45) is 0. The summed E-state index contributed by atoms with van der Waals surface area (Å²) in [5.74, 6) is 0.112. The summed E-state index contributed by atoms with van der Waals surface area (Å²) >= 11 is 0. The summed E-state index contributed by atoms with van der Waals surface area (Å²) in [7, 11) is 0. The lowest BCUT2D eigenvalue weighted by atomic mass is 9.81. The minimum absolute atomic E-state index is 0.0588. The van der Waals surface area contributed by atoms with Crippen molar-refractivity contribution in [1.29, 1.82) is 0 Å². The van der Waals surface area contributed by atoms with E-state index in [4.69, 9.17) is 0 Å². The number of carbonyl (C=O) groups is 1. The van der Waals surface area contributed by atoms with Crippen molar-refractivity contribution in [2.45, 2.75) is 38.5 Å². The molecular formula is C43H32O. The Morgan fingerprint density at radius 3 is 1.11 bits per heavy atom. The van der Waals surface area contributed by atoms with E-state index in [9.17, 15) is 4.79 Å². The van der Waals surface area contributed by atoms with E-state index in [1.807, 2.05) is 0 Å². The molecule has 0 unspecified atom stereocenters. The van der Waals surface area contributed by atoms with Gasteiger partial charge in [0, 0.05) is 22.0 Å². The average Bonchev–Trinajstić information content (AvgIpc) is 3.56. The van der Waals surface area contributed by atoms with E-state index in [0.717, 1.165) is 44.5 Å². The van der Waals surface area contributed by atoms with Crippen LogP contribution < -0.4 is 0 Å². The Bertz CT molecular complexity index is 2080. The molecule has 0 heterocycles. The molecule has 0 fully saturated rings. The zero-order chi connectivity index (χ0) is 30.0. The SMILES string of the molecule is CC1(C)c2ccccc2-c2ccc(-c3ccc4c(c3)C(=O)c3cc(-c5ccc6c(c5)C(C)(C)c5ccccc5-6)ccc3-4)cc21. The number of rotatable bonds is 2. The first kappa shape index (κ1) is 25.5. The lowest BCUT2D eigenvalue weighted by Crippen LogP contribution is -2.14. The molecule has 1 heteroatoms. The minimum atomic E-state index is -0.0588. The van der Waals surface area contributed by atoms with Gasteiger partial charge in [0.2, 0.25) is 0 Å². The molecule has 6 aromatic carbocycles. The second-order valence-electron chi connectivity index (χ2n) is 13.7. The molecule has 0 saturated heterocycles. The van der Waals surface area contributed by atoms with Crippen molar-refractivity contribution in [3.63, 3.8) is 0 Å². The topological polar surface area (TPSA) is 17.1 Å². The Hall–Kier alpha value is -5.01. The molecule has 9 rings (SSSR count). The largest absolute Gasteiger partial charge is 0.289 e. The van der Waals surface area contributed by atoms with Gasteiger partial charge in [0.15, 0.2) is 5.78 Å². The number of fused-ring (bicyclic) bond motifs is 9. The van der Waals surface area contributed by atoms with Gasteiger partial charge in [-0.15, -0.1) is 0 Å². The van der Waals surface area contributed by atoms with Crippen molar-refractivity contribution in [1.82, 2.24) is 0 Å². The van der Waals surface area contributed by atoms with E-state index < -0.39 is 0 Å². The fourth-order valence-corrected chi connectivity index (χ4v) is 8.21. The van der Waals surface area contributed by atoms with Crippen molar-refractivity contribution in [3.8, 4) is 55.6 Å². The van der Waals surface area contributed by atoms with Crippen LogP contribution in [0.3, 0.4) is 0 Å². The van der Waals surface area contributed by atoms with Gasteiger partial charge in [-0.25, -0.2) is 0 Å². The van der Waals surface area contributed by atoms with Crippen molar-refractivity contribution >= 4 is 5.78 Å². The Morgan fingerprint density at radius 2 is 0.682 bits per heavy atom. The van der Waals surface area contributed by atoms with Gasteiger partial charge >= 0.3 is 0 Å². The van der Waals surface area contributed by atoms with Crippen LogP contribution in [-0.2, 0) is 10.8 Å². The van der Waals surface area contributed by atoms with Crippen molar-refractivity contribution < 1.29 is 4.79 Å². The fraction of sp³-hybridized carbons (Fsp3) is 0.140. The Kier molecular flexibility index (Phi) is 4.95. The second kappa shape index (κ2) is 8.55. The second-order valence-corrected chi connectivity index (χ2v) is 13.7. The third kappa shape index (κ3) is 3.27. The molecule has 210 valence electrons. The third-order valence-electron chi connectivity index (χ3n) is 10.7. The third-order valence-corrected chi connectivity index (χ3v) is 10.7. The number of carbonyl (C=O) groups excluding carboxylic acids is 1. The quantitative estimate of drug-likeness (QED) is 0.204. The summed E-state index contributed by atoms with van der Waals surface area (Å²) in [4.78, 5) is 13.9. The van der Waals surface area contributed by atoms with Crippen molar-refractivity contribution in [3.05, 3.63) is 155 Å². The molecule has 44 heavy (non-hydrogen) atoms. The molecule has 0 aliphatic heterocycles. The molecule has 0 N–H and O–H groups in total. The van der Waals surface area contributed by atoms with Crippen LogP contribution in [0.5, 0.6) is 0 Å². The number of hydrogen-bond acceptors (Lipinski definition) is 1. The first-order valence-corrected chi connectivity index (χ1v) is 15.6. The van der Waals surface area contributed by atoms with Gasteiger partial charge in [0.25, 0.3) is 0 Å². The maximum Gasteiger partial charge on any atom is 0.194 e. The molecule has 3 aliphatic carbocycles. The number of benzene rings is 6. The van der Waals surface area contributed by atoms with Gasteiger partial charge < -0.3 is 0 Å². The highest BCUT2D eigenvalue weighted by atomic mass is 16.1. The van der Waals surface area contributed by atoms with E-state index in [2.05, 4.69) is 149 Å². The molecule has 3 aliphatic rings. The standard InChI is InChI=1S/C43H32O/c1-42(2)37-11-7-5-9-31(37)33-19-15-27(23-39(33)42)25-13-17-29-30-18-14-26(22-36(30)41(44)35(29)21-25)28-16-20-34-32-10-6-8-12-38(32)43(3,4)40(34)24-28/h5-24H,1-4H3. The monoisotopic (exact) mass is 564 g/mol. The molecule has 6 aromatic rings. The summed E-state index contributed by atoms with van der Waals surface area (Å²) in [6.45, 7) is 9.23. The van der Waals surface area contributed by atoms with E-state index in [-0.39, 0.29) is 16.6 Å². The van der Waals surface area contributed by atoms with Crippen LogP contribution in [0, 0.1) is 0 Å². The van der Waals surface area contributed by atoms with Gasteiger partial charge in [0.1, 0.15) is 0 Å². The molecule has 0 spiro atoms. The van der Waals surface area contributed by atoms with Crippen LogP contribution in [0.15, 0.2) is 121 Å². The average molecular weight is 565 g/mol. The highest BCUT2D eigenvalue weighted by molar-refractivity contribution is 6.22. The molecule has 1 nitrogen and oxygen atoms in total. The predicted octanol–water partition coefficient (Wildman–Crippen LogP) is 10.8. The molecule has 0 bridgehead atoms. The van der Waals surface area contributed by atoms with Gasteiger partial charge in [-0.1, -0.05) is 125 Å². The zero-order valence-electron chi connectivity index (χ0n) is 25.5. The molecule has 0 aromatic heterocycles. The first-order valence-electron chi connectivity index (χ1n) is 15.6. The van der Waals surface area contributed by atoms with Gasteiger partial charge in [0.05, 0.1) is 0 Å². The normalized spacial score (nSPS) is 15.7. The van der Waals surface area contributed by atoms with Gasteiger partial charge in [-0.05, 0) is 102 Å². The summed E-state index contributed by atoms with van der Waals surface area (Å²) in [5.41, 5.74) is 18.7. The van der Waals surface area contributed by atoms with E-state index in [1.165, 1.54) is 44.5 Å². The van der Waals surface area contributed by atoms with Crippen LogP contribution in [0.2, 0.25) is 0 Å². The summed E-state index contributed by atoms with van der Waals surface area (Å²) in [5, 5.41) is 0. The molecule has 0 saturated carbocycles. The highest BCUT2D eigenvalue weighted by Crippen LogP contribution is 2.51. The van der Waals surface area contributed by atoms with Crippen LogP contribution >= 0.6 is 0 Å². The highest BCUT2D eigenvalue weighted by Gasteiger charge is 2.37. The van der Waals surface area contributed by atoms with E-state index >= 15 is 0 Å². The number of ketones is 1. The van der Waals surface area contributed by atoms with Crippen LogP contribution in [-0.4, -0.2) is 5.78 Å². The maximum atomic E-state index is 13.9. The molecular weight excluding hydrogens is 532 g/mol. The fourth-order valence-electron chi connectivity index (χ4n) is 8.21. The zero-order valence-corrected chi connectivity index (χ0v) is 25.5. The minimum Gasteiger partial charge on any atom is -0.289 e. The lowest BCUT2D eigenvalue weighted by Gasteiger charge is -2.22. The maximum absolute atomic E-state index is 13.9. The van der Waals surface area contributed by atoms with Gasteiger partial charge in [-0.2, -0.15) is 0 Å². The first-order chi connectivity index (χ1) is 21.2. The van der Waals surface area contributed by atoms with E-state index in [0.29, 0.717) is 0 Å². The Balaban J connectivity index is 1.08. The Labute approximate surface area is 258 Å². The number of hydrogen-bond donors (Lipinski definition) is 0. The summed E-state index contributed by atoms with van der Waals surface area (Å²) in [6, 6.07) is 43.9. The van der Waals surface area contributed by atoms with Crippen molar-refractivity contribution in [2.24, 2.45) is 0 Å². The Morgan fingerprint density at radius 1 is 0.341 bits per heavy atom. The molecule has 0 amide bonds. The van der Waals surface area contributed by atoms with Gasteiger partial charge in [-0.3, -0.25) is 4.79 Å². The predicted molar refractivity (Wildman–Crippen MR) is 181 cm³/mol. The summed E-state index contributed by atoms with van der Waals surface area (Å²) < 4.78 is 0. The lowest BCUT2D eigenvalue weighted by molar-refractivity contribution is 0.104. The smallest absolute Gasteiger partial charge is 0.194 e. The van der Waals surface area contributed by atoms with E-state index in [1.54, 1.807) is 0 Å². The van der Waals surface area contributed by atoms with Crippen LogP contribution in [0.25, 0.3) is 55.6 Å². The van der Waals surface area contributed by atoms with Crippen LogP contribution in [0.1, 0.15) is 65.9 Å². The molecule has 0 radical (unpaired) electrons. The molecule has 0 atom stereocenters.